The van der Waals surface area contributed by atoms with Gasteiger partial charge in [0.2, 0.25) is 5.91 Å². The molecule has 0 bridgehead atoms. The summed E-state index contributed by atoms with van der Waals surface area (Å²) in [7, 11) is 0. The first-order valence-corrected chi connectivity index (χ1v) is 9.41. The fraction of sp³-hybridized carbons (Fsp3) is 0.286. The molecule has 7 nitrogen and oxygen atoms in total. The van der Waals surface area contributed by atoms with Gasteiger partial charge in [-0.1, -0.05) is 6.07 Å². The number of carbonyl (C=O) groups is 2. The molecule has 0 fully saturated rings. The number of aromatic nitrogens is 2. The second kappa shape index (κ2) is 9.03. The summed E-state index contributed by atoms with van der Waals surface area (Å²) in [5, 5.41) is 6.61. The Hall–Kier alpha value is -3.35. The molecule has 3 aromatic rings. The van der Waals surface area contributed by atoms with Crippen LogP contribution in [0.5, 0.6) is 0 Å². The number of hydrogen-bond donors (Lipinski definition) is 2. The van der Waals surface area contributed by atoms with Gasteiger partial charge in [-0.25, -0.2) is 4.79 Å². The molecule has 146 valence electrons. The van der Waals surface area contributed by atoms with Gasteiger partial charge in [-0.05, 0) is 49.7 Å². The molecule has 1 aromatic carbocycles. The fourth-order valence-corrected chi connectivity index (χ4v) is 3.10. The summed E-state index contributed by atoms with van der Waals surface area (Å²) in [6.45, 7) is 6.09. The van der Waals surface area contributed by atoms with Gasteiger partial charge in [-0.2, -0.15) is 0 Å². The Bertz CT molecular complexity index is 948. The summed E-state index contributed by atoms with van der Waals surface area (Å²) >= 11 is 0. The van der Waals surface area contributed by atoms with Crippen molar-refractivity contribution in [2.75, 3.05) is 18.4 Å². The molecule has 2 heterocycles. The van der Waals surface area contributed by atoms with E-state index in [9.17, 15) is 9.59 Å². The summed E-state index contributed by atoms with van der Waals surface area (Å²) in [6.07, 6.45) is 5.31. The third-order valence-corrected chi connectivity index (χ3v) is 4.63. The molecule has 0 unspecified atom stereocenters. The van der Waals surface area contributed by atoms with Gasteiger partial charge in [0.15, 0.2) is 0 Å². The molecule has 2 aromatic heterocycles. The van der Waals surface area contributed by atoms with E-state index in [1.54, 1.807) is 12.4 Å². The lowest BCUT2D eigenvalue weighted by Crippen LogP contribution is -2.33. The lowest BCUT2D eigenvalue weighted by atomic mass is 10.2. The number of likely N-dealkylation sites (N-methyl/N-ethyl adjacent to an activating group) is 1. The van der Waals surface area contributed by atoms with Gasteiger partial charge in [0, 0.05) is 54.8 Å². The second-order valence-electron chi connectivity index (χ2n) is 6.45. The number of hydrogen-bond acceptors (Lipinski definition) is 3. The van der Waals surface area contributed by atoms with E-state index >= 15 is 0 Å². The van der Waals surface area contributed by atoms with Crippen molar-refractivity contribution in [3.8, 4) is 0 Å². The number of benzene rings is 1. The highest BCUT2D eigenvalue weighted by molar-refractivity contribution is 5.93. The zero-order valence-corrected chi connectivity index (χ0v) is 16.2. The van der Waals surface area contributed by atoms with E-state index in [1.165, 1.54) is 0 Å². The van der Waals surface area contributed by atoms with E-state index in [0.717, 1.165) is 16.5 Å². The molecule has 0 aliphatic rings. The van der Waals surface area contributed by atoms with Crippen LogP contribution >= 0.6 is 0 Å². The molecule has 0 radical (unpaired) electrons. The molecule has 0 aliphatic carbocycles. The molecule has 28 heavy (non-hydrogen) atoms. The van der Waals surface area contributed by atoms with Crippen LogP contribution in [0.25, 0.3) is 10.9 Å². The van der Waals surface area contributed by atoms with Crippen molar-refractivity contribution in [2.45, 2.75) is 26.9 Å². The van der Waals surface area contributed by atoms with Crippen molar-refractivity contribution in [3.05, 3.63) is 60.6 Å². The van der Waals surface area contributed by atoms with Crippen LogP contribution < -0.4 is 10.6 Å². The van der Waals surface area contributed by atoms with Gasteiger partial charge in [-0.3, -0.25) is 9.78 Å². The zero-order valence-electron chi connectivity index (χ0n) is 16.2. The number of pyridine rings is 1. The summed E-state index contributed by atoms with van der Waals surface area (Å²) in [5.41, 5.74) is 2.59. The van der Waals surface area contributed by atoms with E-state index in [1.807, 2.05) is 65.9 Å². The number of nitrogens with one attached hydrogen (secondary N) is 2. The third kappa shape index (κ3) is 4.68. The highest BCUT2D eigenvalue weighted by Crippen LogP contribution is 2.21. The van der Waals surface area contributed by atoms with E-state index in [0.29, 0.717) is 31.9 Å². The largest absolute Gasteiger partial charge is 0.342 e. The number of nitrogens with zero attached hydrogens (tertiary/aromatic N) is 3. The first kappa shape index (κ1) is 19.4. The van der Waals surface area contributed by atoms with Crippen molar-refractivity contribution in [1.29, 1.82) is 0 Å². The normalized spacial score (nSPS) is 10.6. The fourth-order valence-electron chi connectivity index (χ4n) is 3.10. The minimum Gasteiger partial charge on any atom is -0.342 e. The van der Waals surface area contributed by atoms with E-state index < -0.39 is 0 Å². The van der Waals surface area contributed by atoms with Crippen LogP contribution in [0.4, 0.5) is 10.5 Å². The smallest absolute Gasteiger partial charge is 0.319 e. The molecular weight excluding hydrogens is 354 g/mol. The highest BCUT2D eigenvalue weighted by Gasteiger charge is 2.12. The van der Waals surface area contributed by atoms with Gasteiger partial charge < -0.3 is 20.1 Å². The highest BCUT2D eigenvalue weighted by atomic mass is 16.2. The van der Waals surface area contributed by atoms with Crippen LogP contribution in [0.3, 0.4) is 0 Å². The molecule has 0 spiro atoms. The van der Waals surface area contributed by atoms with Gasteiger partial charge in [0.25, 0.3) is 0 Å². The Morgan fingerprint density at radius 3 is 2.68 bits per heavy atom. The first-order valence-electron chi connectivity index (χ1n) is 9.41. The van der Waals surface area contributed by atoms with Crippen LogP contribution in [-0.4, -0.2) is 39.5 Å². The SMILES string of the molecule is CCN(CC)C(=O)Cn1ccc2cc(NC(=O)NCc3cccnc3)ccc21. The minimum atomic E-state index is -0.278. The Morgan fingerprint density at radius 2 is 1.96 bits per heavy atom. The number of fused-ring (bicyclic) bond motifs is 1. The summed E-state index contributed by atoms with van der Waals surface area (Å²) in [5.74, 6) is 0.0967. The van der Waals surface area contributed by atoms with Crippen molar-refractivity contribution in [2.24, 2.45) is 0 Å². The minimum absolute atomic E-state index is 0.0967. The topological polar surface area (TPSA) is 79.3 Å². The summed E-state index contributed by atoms with van der Waals surface area (Å²) < 4.78 is 1.93. The van der Waals surface area contributed by atoms with Gasteiger partial charge in [0.1, 0.15) is 6.54 Å². The summed E-state index contributed by atoms with van der Waals surface area (Å²) in [6, 6.07) is 11.1. The van der Waals surface area contributed by atoms with Gasteiger partial charge in [0.05, 0.1) is 0 Å². The molecule has 7 heteroatoms. The van der Waals surface area contributed by atoms with Crippen molar-refractivity contribution < 1.29 is 9.59 Å². The Morgan fingerprint density at radius 1 is 1.14 bits per heavy atom. The van der Waals surface area contributed by atoms with E-state index in [-0.39, 0.29) is 11.9 Å². The zero-order chi connectivity index (χ0) is 19.9. The molecule has 3 amide bonds. The molecule has 0 aliphatic heterocycles. The second-order valence-corrected chi connectivity index (χ2v) is 6.45. The number of amides is 3. The summed E-state index contributed by atoms with van der Waals surface area (Å²) in [4.78, 5) is 30.3. The maximum Gasteiger partial charge on any atom is 0.319 e. The third-order valence-electron chi connectivity index (χ3n) is 4.63. The lowest BCUT2D eigenvalue weighted by Gasteiger charge is -2.19. The number of urea groups is 1. The quantitative estimate of drug-likeness (QED) is 0.661. The first-order chi connectivity index (χ1) is 13.6. The average Bonchev–Trinajstić information content (AvgIpc) is 3.10. The predicted molar refractivity (Wildman–Crippen MR) is 110 cm³/mol. The van der Waals surface area contributed by atoms with Gasteiger partial charge >= 0.3 is 6.03 Å². The maximum absolute atomic E-state index is 12.4. The van der Waals surface area contributed by atoms with Crippen molar-refractivity contribution in [1.82, 2.24) is 19.8 Å². The monoisotopic (exact) mass is 379 g/mol. The predicted octanol–water partition coefficient (Wildman–Crippen LogP) is 3.23. The van der Waals surface area contributed by atoms with E-state index in [2.05, 4.69) is 15.6 Å². The number of anilines is 1. The Labute approximate surface area is 164 Å². The van der Waals surface area contributed by atoms with Gasteiger partial charge in [-0.15, -0.1) is 0 Å². The molecule has 2 N–H and O–H groups in total. The van der Waals surface area contributed by atoms with Crippen molar-refractivity contribution >= 4 is 28.5 Å². The van der Waals surface area contributed by atoms with Crippen LogP contribution in [0, 0.1) is 0 Å². The van der Waals surface area contributed by atoms with Crippen LogP contribution in [0.2, 0.25) is 0 Å². The van der Waals surface area contributed by atoms with Crippen LogP contribution in [0.1, 0.15) is 19.4 Å². The Kier molecular flexibility index (Phi) is 6.26. The molecule has 0 atom stereocenters. The molecular formula is C21H25N5O2. The standard InChI is InChI=1S/C21H25N5O2/c1-3-25(4-2)20(27)15-26-11-9-17-12-18(7-8-19(17)26)24-21(28)23-14-16-6-5-10-22-13-16/h5-13H,3-4,14-15H2,1-2H3,(H2,23,24,28). The Balaban J connectivity index is 1.63. The average molecular weight is 379 g/mol. The molecule has 3 rings (SSSR count). The lowest BCUT2D eigenvalue weighted by molar-refractivity contribution is -0.131. The van der Waals surface area contributed by atoms with Crippen LogP contribution in [0.15, 0.2) is 55.0 Å². The molecule has 0 saturated heterocycles. The van der Waals surface area contributed by atoms with Crippen LogP contribution in [-0.2, 0) is 17.9 Å². The van der Waals surface area contributed by atoms with Crippen molar-refractivity contribution in [3.63, 3.8) is 0 Å². The molecule has 0 saturated carbocycles. The number of carbonyl (C=O) groups excluding carboxylic acids is 2. The maximum atomic E-state index is 12.4. The van der Waals surface area contributed by atoms with E-state index in [4.69, 9.17) is 0 Å². The number of rotatable bonds is 7.